The van der Waals surface area contributed by atoms with Crippen LogP contribution in [0.2, 0.25) is 0 Å². The minimum Gasteiger partial charge on any atom is -0.328 e. The van der Waals surface area contributed by atoms with E-state index < -0.39 is 10.2 Å². The van der Waals surface area contributed by atoms with Gasteiger partial charge in [-0.15, -0.1) is 0 Å². The van der Waals surface area contributed by atoms with E-state index in [2.05, 4.69) is 6.92 Å². The van der Waals surface area contributed by atoms with Gasteiger partial charge >= 0.3 is 0 Å². The summed E-state index contributed by atoms with van der Waals surface area (Å²) in [5.74, 6) is 1.67. The first-order chi connectivity index (χ1) is 9.46. The van der Waals surface area contributed by atoms with E-state index in [4.69, 9.17) is 5.73 Å². The Morgan fingerprint density at radius 1 is 0.950 bits per heavy atom. The van der Waals surface area contributed by atoms with Crippen LogP contribution in [0.15, 0.2) is 0 Å². The minimum absolute atomic E-state index is 0.273. The summed E-state index contributed by atoms with van der Waals surface area (Å²) in [7, 11) is -3.24. The number of piperidine rings is 1. The van der Waals surface area contributed by atoms with Crippen molar-refractivity contribution < 1.29 is 8.42 Å². The first-order valence-corrected chi connectivity index (χ1v) is 9.37. The van der Waals surface area contributed by atoms with Gasteiger partial charge in [0.2, 0.25) is 0 Å². The molecule has 2 N–H and O–H groups in total. The van der Waals surface area contributed by atoms with Gasteiger partial charge in [0, 0.05) is 32.2 Å². The van der Waals surface area contributed by atoms with Crippen molar-refractivity contribution in [3.8, 4) is 0 Å². The SMILES string of the molecule is CC1CCN(S(=O)(=O)N2C[C@H]3CCC(N)C[C@H]3C2)CC1. The maximum Gasteiger partial charge on any atom is 0.281 e. The number of fused-ring (bicyclic) bond motifs is 1. The van der Waals surface area contributed by atoms with Gasteiger partial charge < -0.3 is 5.73 Å². The monoisotopic (exact) mass is 301 g/mol. The van der Waals surface area contributed by atoms with Crippen LogP contribution in [0.1, 0.15) is 39.0 Å². The second-order valence-electron chi connectivity index (χ2n) is 7.00. The average Bonchev–Trinajstić information content (AvgIpc) is 2.83. The molecule has 0 amide bonds. The summed E-state index contributed by atoms with van der Waals surface area (Å²) in [5, 5.41) is 0. The van der Waals surface area contributed by atoms with E-state index in [1.54, 1.807) is 8.61 Å². The Morgan fingerprint density at radius 3 is 2.30 bits per heavy atom. The van der Waals surface area contributed by atoms with Crippen LogP contribution in [0.3, 0.4) is 0 Å². The summed E-state index contributed by atoms with van der Waals surface area (Å²) in [4.78, 5) is 0. The molecule has 1 saturated carbocycles. The second kappa shape index (κ2) is 5.55. The van der Waals surface area contributed by atoms with Crippen molar-refractivity contribution in [1.82, 2.24) is 8.61 Å². The van der Waals surface area contributed by atoms with Crippen molar-refractivity contribution >= 4 is 10.2 Å². The van der Waals surface area contributed by atoms with Gasteiger partial charge in [-0.3, -0.25) is 0 Å². The first kappa shape index (κ1) is 14.8. The van der Waals surface area contributed by atoms with Gasteiger partial charge in [-0.2, -0.15) is 17.0 Å². The van der Waals surface area contributed by atoms with Crippen molar-refractivity contribution in [2.24, 2.45) is 23.5 Å². The van der Waals surface area contributed by atoms with E-state index in [0.717, 1.165) is 32.1 Å². The summed E-state index contributed by atoms with van der Waals surface area (Å²) >= 11 is 0. The van der Waals surface area contributed by atoms with Crippen LogP contribution in [0.4, 0.5) is 0 Å². The number of hydrogen-bond donors (Lipinski definition) is 1. The van der Waals surface area contributed by atoms with Crippen LogP contribution in [-0.2, 0) is 10.2 Å². The normalized spacial score (nSPS) is 38.0. The van der Waals surface area contributed by atoms with E-state index in [9.17, 15) is 8.42 Å². The lowest BCUT2D eigenvalue weighted by Gasteiger charge is -2.32. The highest BCUT2D eigenvalue weighted by Crippen LogP contribution is 2.37. The lowest BCUT2D eigenvalue weighted by Crippen LogP contribution is -2.46. The average molecular weight is 301 g/mol. The number of hydrogen-bond acceptors (Lipinski definition) is 3. The molecule has 0 radical (unpaired) electrons. The predicted octanol–water partition coefficient (Wildman–Crippen LogP) is 1.02. The lowest BCUT2D eigenvalue weighted by atomic mass is 9.79. The fourth-order valence-corrected chi connectivity index (χ4v) is 5.75. The number of nitrogens with two attached hydrogens (primary N) is 1. The molecule has 2 heterocycles. The molecule has 2 saturated heterocycles. The van der Waals surface area contributed by atoms with Crippen molar-refractivity contribution in [1.29, 1.82) is 0 Å². The minimum atomic E-state index is -3.24. The van der Waals surface area contributed by atoms with Crippen molar-refractivity contribution in [2.45, 2.75) is 45.1 Å². The Labute approximate surface area is 122 Å². The van der Waals surface area contributed by atoms with Gasteiger partial charge in [0.25, 0.3) is 10.2 Å². The van der Waals surface area contributed by atoms with Crippen LogP contribution in [0.25, 0.3) is 0 Å². The maximum atomic E-state index is 12.7. The quantitative estimate of drug-likeness (QED) is 0.828. The van der Waals surface area contributed by atoms with Crippen LogP contribution in [0, 0.1) is 17.8 Å². The van der Waals surface area contributed by atoms with Gasteiger partial charge in [0.15, 0.2) is 0 Å². The molecule has 0 bridgehead atoms. The molecule has 1 unspecified atom stereocenters. The highest BCUT2D eigenvalue weighted by atomic mass is 32.2. The van der Waals surface area contributed by atoms with Gasteiger partial charge in [-0.25, -0.2) is 0 Å². The standard InChI is InChI=1S/C14H27N3O2S/c1-11-4-6-16(7-5-11)20(18,19)17-9-12-2-3-14(15)8-13(12)10-17/h11-14H,2-10,15H2,1H3/t12-,13+,14?/m1/s1. The molecule has 0 aromatic rings. The molecule has 2 aliphatic heterocycles. The Hall–Kier alpha value is -0.170. The molecule has 3 aliphatic rings. The Morgan fingerprint density at radius 2 is 1.60 bits per heavy atom. The summed E-state index contributed by atoms with van der Waals surface area (Å²) in [6.07, 6.45) is 5.12. The van der Waals surface area contributed by atoms with Crippen LogP contribution in [-0.4, -0.2) is 49.2 Å². The second-order valence-corrected chi connectivity index (χ2v) is 8.93. The fourth-order valence-electron chi connectivity index (χ4n) is 3.99. The van der Waals surface area contributed by atoms with E-state index in [0.29, 0.717) is 43.9 Å². The van der Waals surface area contributed by atoms with Crippen LogP contribution >= 0.6 is 0 Å². The molecule has 6 heteroatoms. The number of rotatable bonds is 2. The zero-order valence-electron chi connectivity index (χ0n) is 12.4. The van der Waals surface area contributed by atoms with E-state index >= 15 is 0 Å². The predicted molar refractivity (Wildman–Crippen MR) is 79.3 cm³/mol. The molecular weight excluding hydrogens is 274 g/mol. The number of nitrogens with zero attached hydrogens (tertiary/aromatic N) is 2. The lowest BCUT2D eigenvalue weighted by molar-refractivity contribution is 0.269. The third kappa shape index (κ3) is 2.75. The summed E-state index contributed by atoms with van der Waals surface area (Å²) in [5.41, 5.74) is 6.02. The molecule has 5 nitrogen and oxygen atoms in total. The summed E-state index contributed by atoms with van der Waals surface area (Å²) < 4.78 is 28.9. The molecule has 1 aliphatic carbocycles. The molecule has 3 fully saturated rings. The van der Waals surface area contributed by atoms with Crippen molar-refractivity contribution in [2.75, 3.05) is 26.2 Å². The highest BCUT2D eigenvalue weighted by Gasteiger charge is 2.43. The van der Waals surface area contributed by atoms with Gasteiger partial charge in [-0.1, -0.05) is 6.92 Å². The molecule has 3 atom stereocenters. The molecule has 20 heavy (non-hydrogen) atoms. The van der Waals surface area contributed by atoms with Crippen LogP contribution in [0.5, 0.6) is 0 Å². The topological polar surface area (TPSA) is 66.6 Å². The maximum absolute atomic E-state index is 12.7. The van der Waals surface area contributed by atoms with Gasteiger partial charge in [-0.05, 0) is 49.9 Å². The van der Waals surface area contributed by atoms with Crippen LogP contribution < -0.4 is 5.73 Å². The molecule has 0 aromatic carbocycles. The third-order valence-corrected chi connectivity index (χ3v) is 7.42. The molecular formula is C14H27N3O2S. The van der Waals surface area contributed by atoms with Crippen molar-refractivity contribution in [3.05, 3.63) is 0 Å². The zero-order valence-corrected chi connectivity index (χ0v) is 13.2. The Balaban J connectivity index is 1.67. The van der Waals surface area contributed by atoms with E-state index in [-0.39, 0.29) is 6.04 Å². The Kier molecular flexibility index (Phi) is 4.10. The fraction of sp³-hybridized carbons (Fsp3) is 1.00. The zero-order chi connectivity index (χ0) is 14.3. The van der Waals surface area contributed by atoms with Gasteiger partial charge in [0.05, 0.1) is 0 Å². The largest absolute Gasteiger partial charge is 0.328 e. The summed E-state index contributed by atoms with van der Waals surface area (Å²) in [6, 6.07) is 0.273. The molecule has 3 rings (SSSR count). The van der Waals surface area contributed by atoms with Gasteiger partial charge in [0.1, 0.15) is 0 Å². The van der Waals surface area contributed by atoms with Crippen molar-refractivity contribution in [3.63, 3.8) is 0 Å². The third-order valence-electron chi connectivity index (χ3n) is 5.45. The van der Waals surface area contributed by atoms with E-state index in [1.807, 2.05) is 0 Å². The molecule has 0 aromatic heterocycles. The first-order valence-electron chi connectivity index (χ1n) is 7.97. The highest BCUT2D eigenvalue weighted by molar-refractivity contribution is 7.86. The molecule has 116 valence electrons. The smallest absolute Gasteiger partial charge is 0.281 e. The summed E-state index contributed by atoms with van der Waals surface area (Å²) in [6.45, 7) is 4.98. The van der Waals surface area contributed by atoms with E-state index in [1.165, 1.54) is 0 Å². The Bertz CT molecular complexity index is 445. The molecule has 0 spiro atoms.